The lowest BCUT2D eigenvalue weighted by atomic mass is 10.3. The highest BCUT2D eigenvalue weighted by molar-refractivity contribution is 5.82. The van der Waals surface area contributed by atoms with Gasteiger partial charge in [-0.2, -0.15) is 0 Å². The standard InChI is InChI=1S/C18H20N2O5/c1-13(2)20(11-18(22)23)17(21)12-24-14-6-8-15(9-7-14)25-16-5-3-4-10-19-16/h3-10,13H,11-12H2,1-2H3,(H,22,23). The van der Waals surface area contributed by atoms with Crippen molar-refractivity contribution in [3.05, 3.63) is 48.7 Å². The highest BCUT2D eigenvalue weighted by atomic mass is 16.5. The fourth-order valence-corrected chi connectivity index (χ4v) is 2.06. The van der Waals surface area contributed by atoms with Gasteiger partial charge >= 0.3 is 5.97 Å². The summed E-state index contributed by atoms with van der Waals surface area (Å²) >= 11 is 0. The van der Waals surface area contributed by atoms with Crippen LogP contribution in [-0.4, -0.2) is 46.1 Å². The van der Waals surface area contributed by atoms with Crippen molar-refractivity contribution < 1.29 is 24.2 Å². The summed E-state index contributed by atoms with van der Waals surface area (Å²) < 4.78 is 11.0. The number of nitrogens with zero attached hydrogens (tertiary/aromatic N) is 2. The first kappa shape index (κ1) is 18.3. The summed E-state index contributed by atoms with van der Waals surface area (Å²) in [7, 11) is 0. The first-order valence-electron chi connectivity index (χ1n) is 7.78. The van der Waals surface area contributed by atoms with Crippen molar-refractivity contribution in [1.82, 2.24) is 9.88 Å². The zero-order valence-electron chi connectivity index (χ0n) is 14.1. The van der Waals surface area contributed by atoms with Crippen molar-refractivity contribution in [2.24, 2.45) is 0 Å². The van der Waals surface area contributed by atoms with Crippen LogP contribution in [0.25, 0.3) is 0 Å². The number of carboxylic acid groups (broad SMARTS) is 1. The predicted molar refractivity (Wildman–Crippen MR) is 90.7 cm³/mol. The van der Waals surface area contributed by atoms with Crippen LogP contribution in [0.3, 0.4) is 0 Å². The number of ether oxygens (including phenoxy) is 2. The maximum atomic E-state index is 12.1. The van der Waals surface area contributed by atoms with Crippen molar-refractivity contribution in [3.63, 3.8) is 0 Å². The number of amides is 1. The molecule has 132 valence electrons. The Morgan fingerprint density at radius 1 is 1.12 bits per heavy atom. The average Bonchev–Trinajstić information content (AvgIpc) is 2.59. The summed E-state index contributed by atoms with van der Waals surface area (Å²) in [6.07, 6.45) is 1.63. The van der Waals surface area contributed by atoms with Gasteiger partial charge in [-0.15, -0.1) is 0 Å². The molecule has 0 spiro atoms. The Labute approximate surface area is 145 Å². The second kappa shape index (κ2) is 8.68. The van der Waals surface area contributed by atoms with Crippen LogP contribution in [-0.2, 0) is 9.59 Å². The molecule has 2 rings (SSSR count). The van der Waals surface area contributed by atoms with Gasteiger partial charge in [-0.25, -0.2) is 4.98 Å². The molecule has 0 unspecified atom stereocenters. The van der Waals surface area contributed by atoms with Crippen molar-refractivity contribution in [2.75, 3.05) is 13.2 Å². The van der Waals surface area contributed by atoms with E-state index >= 15 is 0 Å². The van der Waals surface area contributed by atoms with E-state index in [2.05, 4.69) is 4.98 Å². The second-order valence-electron chi connectivity index (χ2n) is 5.54. The van der Waals surface area contributed by atoms with Gasteiger partial charge in [0.2, 0.25) is 5.88 Å². The Kier molecular flexibility index (Phi) is 6.33. The number of rotatable bonds is 8. The molecule has 1 amide bonds. The predicted octanol–water partition coefficient (Wildman–Crippen LogP) is 2.57. The van der Waals surface area contributed by atoms with Crippen molar-refractivity contribution in [3.8, 4) is 17.4 Å². The van der Waals surface area contributed by atoms with Crippen molar-refractivity contribution >= 4 is 11.9 Å². The minimum Gasteiger partial charge on any atom is -0.484 e. The third kappa shape index (κ3) is 5.80. The Morgan fingerprint density at radius 3 is 2.36 bits per heavy atom. The molecule has 0 aliphatic heterocycles. The molecule has 0 aliphatic carbocycles. The zero-order chi connectivity index (χ0) is 18.2. The van der Waals surface area contributed by atoms with E-state index in [1.54, 1.807) is 56.4 Å². The van der Waals surface area contributed by atoms with E-state index < -0.39 is 5.97 Å². The van der Waals surface area contributed by atoms with Crippen LogP contribution in [0.15, 0.2) is 48.7 Å². The highest BCUT2D eigenvalue weighted by Gasteiger charge is 2.20. The number of hydrogen-bond donors (Lipinski definition) is 1. The molecule has 0 saturated heterocycles. The molecule has 2 aromatic rings. The van der Waals surface area contributed by atoms with Gasteiger partial charge < -0.3 is 19.5 Å². The van der Waals surface area contributed by atoms with Crippen LogP contribution in [0.5, 0.6) is 17.4 Å². The van der Waals surface area contributed by atoms with Crippen molar-refractivity contribution in [2.45, 2.75) is 19.9 Å². The molecule has 0 bridgehead atoms. The average molecular weight is 344 g/mol. The van der Waals surface area contributed by atoms with Crippen LogP contribution in [0, 0.1) is 0 Å². The third-order valence-electron chi connectivity index (χ3n) is 3.30. The number of aliphatic carboxylic acids is 1. The van der Waals surface area contributed by atoms with Gasteiger partial charge in [0.05, 0.1) is 0 Å². The molecule has 7 nitrogen and oxygen atoms in total. The third-order valence-corrected chi connectivity index (χ3v) is 3.30. The Balaban J connectivity index is 1.90. The first-order chi connectivity index (χ1) is 12.0. The first-order valence-corrected chi connectivity index (χ1v) is 7.78. The van der Waals surface area contributed by atoms with E-state index in [0.29, 0.717) is 17.4 Å². The topological polar surface area (TPSA) is 89.0 Å². The molecule has 1 aromatic carbocycles. The van der Waals surface area contributed by atoms with E-state index in [0.717, 1.165) is 0 Å². The number of carbonyl (C=O) groups excluding carboxylic acids is 1. The number of benzene rings is 1. The minimum absolute atomic E-state index is 0.221. The van der Waals surface area contributed by atoms with E-state index in [4.69, 9.17) is 14.6 Å². The van der Waals surface area contributed by atoms with Crippen LogP contribution in [0.4, 0.5) is 0 Å². The molecule has 7 heteroatoms. The van der Waals surface area contributed by atoms with Crippen LogP contribution >= 0.6 is 0 Å². The lowest BCUT2D eigenvalue weighted by Crippen LogP contribution is -2.43. The van der Waals surface area contributed by atoms with Crippen LogP contribution in [0.1, 0.15) is 13.8 Å². The van der Waals surface area contributed by atoms with Gasteiger partial charge in [-0.1, -0.05) is 6.07 Å². The fraction of sp³-hybridized carbons (Fsp3) is 0.278. The van der Waals surface area contributed by atoms with Gasteiger partial charge in [-0.05, 0) is 44.2 Å². The summed E-state index contributed by atoms with van der Waals surface area (Å²) in [4.78, 5) is 28.2. The number of aromatic nitrogens is 1. The quantitative estimate of drug-likeness (QED) is 0.792. The number of carbonyl (C=O) groups is 2. The lowest BCUT2D eigenvalue weighted by molar-refractivity contribution is -0.146. The minimum atomic E-state index is -1.06. The van der Waals surface area contributed by atoms with Gasteiger partial charge in [0.1, 0.15) is 18.0 Å². The summed E-state index contributed by atoms with van der Waals surface area (Å²) in [5.41, 5.74) is 0. The van der Waals surface area contributed by atoms with Gasteiger partial charge in [-0.3, -0.25) is 9.59 Å². The Bertz CT molecular complexity index is 701. The molecular formula is C18H20N2O5. The smallest absolute Gasteiger partial charge is 0.323 e. The van der Waals surface area contributed by atoms with Gasteiger partial charge in [0.15, 0.2) is 6.61 Å². The van der Waals surface area contributed by atoms with E-state index in [-0.39, 0.29) is 25.1 Å². The molecule has 25 heavy (non-hydrogen) atoms. The number of pyridine rings is 1. The molecule has 1 heterocycles. The molecule has 1 aromatic heterocycles. The maximum Gasteiger partial charge on any atom is 0.323 e. The number of carboxylic acids is 1. The molecular weight excluding hydrogens is 324 g/mol. The van der Waals surface area contributed by atoms with Crippen LogP contribution < -0.4 is 9.47 Å². The van der Waals surface area contributed by atoms with Crippen molar-refractivity contribution in [1.29, 1.82) is 0 Å². The summed E-state index contributed by atoms with van der Waals surface area (Å²) in [5, 5.41) is 8.86. The lowest BCUT2D eigenvalue weighted by Gasteiger charge is -2.24. The largest absolute Gasteiger partial charge is 0.484 e. The normalized spacial score (nSPS) is 10.4. The molecule has 0 saturated carbocycles. The number of hydrogen-bond acceptors (Lipinski definition) is 5. The van der Waals surface area contributed by atoms with E-state index in [1.807, 2.05) is 6.07 Å². The maximum absolute atomic E-state index is 12.1. The van der Waals surface area contributed by atoms with Gasteiger partial charge in [0, 0.05) is 18.3 Å². The Morgan fingerprint density at radius 2 is 1.80 bits per heavy atom. The summed E-state index contributed by atoms with van der Waals surface area (Å²) in [6.45, 7) is 2.93. The summed E-state index contributed by atoms with van der Waals surface area (Å²) in [6, 6.07) is 11.9. The second-order valence-corrected chi connectivity index (χ2v) is 5.54. The highest BCUT2D eigenvalue weighted by Crippen LogP contribution is 2.22. The van der Waals surface area contributed by atoms with Gasteiger partial charge in [0.25, 0.3) is 5.91 Å². The Hall–Kier alpha value is -3.09. The molecule has 0 radical (unpaired) electrons. The monoisotopic (exact) mass is 344 g/mol. The fourth-order valence-electron chi connectivity index (χ4n) is 2.06. The summed E-state index contributed by atoms with van der Waals surface area (Å²) in [5.74, 6) is 0.115. The molecule has 0 fully saturated rings. The molecule has 0 aliphatic rings. The van der Waals surface area contributed by atoms with E-state index in [9.17, 15) is 9.59 Å². The van der Waals surface area contributed by atoms with E-state index in [1.165, 1.54) is 4.90 Å². The molecule has 0 atom stereocenters. The molecule has 1 N–H and O–H groups in total. The SMILES string of the molecule is CC(C)N(CC(=O)O)C(=O)COc1ccc(Oc2ccccn2)cc1. The zero-order valence-corrected chi connectivity index (χ0v) is 14.1. The van der Waals surface area contributed by atoms with Crippen LogP contribution in [0.2, 0.25) is 0 Å².